The molecule has 0 bridgehead atoms. The fraction of sp³-hybridized carbons (Fsp3) is 0.421. The van der Waals surface area contributed by atoms with Gasteiger partial charge in [-0.15, -0.1) is 0 Å². The number of rotatable bonds is 4. The van der Waals surface area contributed by atoms with Crippen LogP contribution in [0, 0.1) is 18.6 Å². The van der Waals surface area contributed by atoms with Crippen LogP contribution in [0.1, 0.15) is 48.9 Å². The van der Waals surface area contributed by atoms with Crippen molar-refractivity contribution in [1.82, 2.24) is 14.9 Å². The zero-order valence-electron chi connectivity index (χ0n) is 14.9. The number of likely N-dealkylation sites (tertiary alicyclic amines) is 1. The normalized spacial score (nSPS) is 17.2. The number of carbonyl (C=O) groups is 1. The summed E-state index contributed by atoms with van der Waals surface area (Å²) in [5.74, 6) is -0.804. The number of hydrogen-bond acceptors (Lipinski definition) is 4. The first kappa shape index (κ1) is 18.2. The van der Waals surface area contributed by atoms with Crippen molar-refractivity contribution in [3.05, 3.63) is 47.4 Å². The number of carbonyl (C=O) groups excluding carboxylic acids is 1. The van der Waals surface area contributed by atoms with Crippen molar-refractivity contribution in [3.63, 3.8) is 0 Å². The number of piperidine rings is 1. The molecule has 0 spiro atoms. The SMILES string of the molecule is CCC1CCCCN1C(=O)c1cc(Nc2ccc(F)cc2F)nc(C)n1. The summed E-state index contributed by atoms with van der Waals surface area (Å²) in [5, 5.41) is 2.80. The van der Waals surface area contributed by atoms with Gasteiger partial charge >= 0.3 is 0 Å². The van der Waals surface area contributed by atoms with E-state index >= 15 is 0 Å². The second-order valence-electron chi connectivity index (χ2n) is 6.49. The molecule has 1 N–H and O–H groups in total. The Kier molecular flexibility index (Phi) is 5.44. The van der Waals surface area contributed by atoms with Crippen molar-refractivity contribution < 1.29 is 13.6 Å². The highest BCUT2D eigenvalue weighted by molar-refractivity contribution is 5.93. The molecule has 1 amide bonds. The van der Waals surface area contributed by atoms with Gasteiger partial charge in [0, 0.05) is 24.7 Å². The summed E-state index contributed by atoms with van der Waals surface area (Å²) in [5.41, 5.74) is 0.371. The molecular weight excluding hydrogens is 338 g/mol. The van der Waals surface area contributed by atoms with E-state index in [0.29, 0.717) is 11.6 Å². The Morgan fingerprint density at radius 2 is 2.08 bits per heavy atom. The summed E-state index contributed by atoms with van der Waals surface area (Å²) in [7, 11) is 0. The van der Waals surface area contributed by atoms with Crippen molar-refractivity contribution in [3.8, 4) is 0 Å². The molecule has 2 heterocycles. The predicted molar refractivity (Wildman–Crippen MR) is 95.4 cm³/mol. The van der Waals surface area contributed by atoms with E-state index in [1.165, 1.54) is 12.1 Å². The van der Waals surface area contributed by atoms with Crippen LogP contribution in [-0.2, 0) is 0 Å². The predicted octanol–water partition coefficient (Wildman–Crippen LogP) is 4.21. The summed E-state index contributed by atoms with van der Waals surface area (Å²) in [6.07, 6.45) is 4.01. The molecule has 7 heteroatoms. The summed E-state index contributed by atoms with van der Waals surface area (Å²) >= 11 is 0. The lowest BCUT2D eigenvalue weighted by Crippen LogP contribution is -2.43. The molecule has 1 aliphatic heterocycles. The van der Waals surface area contributed by atoms with Crippen LogP contribution in [0.2, 0.25) is 0 Å². The molecule has 1 atom stereocenters. The molecule has 0 saturated carbocycles. The van der Waals surface area contributed by atoms with E-state index in [4.69, 9.17) is 0 Å². The number of nitrogens with zero attached hydrogens (tertiary/aromatic N) is 3. The van der Waals surface area contributed by atoms with Gasteiger partial charge in [0.05, 0.1) is 5.69 Å². The maximum Gasteiger partial charge on any atom is 0.272 e. The number of aryl methyl sites for hydroxylation is 1. The molecule has 138 valence electrons. The molecule has 1 saturated heterocycles. The van der Waals surface area contributed by atoms with Gasteiger partial charge in [-0.25, -0.2) is 18.7 Å². The third kappa shape index (κ3) is 3.98. The maximum absolute atomic E-state index is 13.9. The van der Waals surface area contributed by atoms with Crippen molar-refractivity contribution in [2.75, 3.05) is 11.9 Å². The number of anilines is 2. The van der Waals surface area contributed by atoms with Crippen molar-refractivity contribution >= 4 is 17.4 Å². The van der Waals surface area contributed by atoms with E-state index in [1.54, 1.807) is 6.92 Å². The average molecular weight is 360 g/mol. The van der Waals surface area contributed by atoms with Crippen molar-refractivity contribution in [2.45, 2.75) is 45.6 Å². The van der Waals surface area contributed by atoms with Gasteiger partial charge in [0.1, 0.15) is 29.0 Å². The Labute approximate surface area is 151 Å². The Morgan fingerprint density at radius 3 is 2.81 bits per heavy atom. The number of halogens is 2. The number of nitrogens with one attached hydrogen (secondary N) is 1. The minimum Gasteiger partial charge on any atom is -0.338 e. The highest BCUT2D eigenvalue weighted by atomic mass is 19.1. The van der Waals surface area contributed by atoms with Crippen LogP contribution in [0.5, 0.6) is 0 Å². The quantitative estimate of drug-likeness (QED) is 0.887. The number of benzene rings is 1. The van der Waals surface area contributed by atoms with Gasteiger partial charge in [0.15, 0.2) is 0 Å². The summed E-state index contributed by atoms with van der Waals surface area (Å²) in [6, 6.07) is 4.98. The van der Waals surface area contributed by atoms with E-state index in [2.05, 4.69) is 22.2 Å². The monoisotopic (exact) mass is 360 g/mol. The number of hydrogen-bond donors (Lipinski definition) is 1. The van der Waals surface area contributed by atoms with Crippen LogP contribution in [0.3, 0.4) is 0 Å². The van der Waals surface area contributed by atoms with Crippen molar-refractivity contribution in [1.29, 1.82) is 0 Å². The van der Waals surface area contributed by atoms with Gasteiger partial charge < -0.3 is 10.2 Å². The molecule has 1 aromatic carbocycles. The molecular formula is C19H22F2N4O. The van der Waals surface area contributed by atoms with Gasteiger partial charge in [-0.05, 0) is 44.7 Å². The van der Waals surface area contributed by atoms with Gasteiger partial charge in [-0.1, -0.05) is 6.92 Å². The zero-order valence-corrected chi connectivity index (χ0v) is 14.9. The Bertz CT molecular complexity index is 812. The molecule has 3 rings (SSSR count). The summed E-state index contributed by atoms with van der Waals surface area (Å²) in [6.45, 7) is 4.47. The lowest BCUT2D eigenvalue weighted by atomic mass is 9.99. The van der Waals surface area contributed by atoms with Gasteiger partial charge in [-0.2, -0.15) is 0 Å². The van der Waals surface area contributed by atoms with E-state index < -0.39 is 11.6 Å². The van der Waals surface area contributed by atoms with Crippen molar-refractivity contribution in [2.24, 2.45) is 0 Å². The average Bonchev–Trinajstić information content (AvgIpc) is 2.63. The molecule has 5 nitrogen and oxygen atoms in total. The lowest BCUT2D eigenvalue weighted by molar-refractivity contribution is 0.0601. The zero-order chi connectivity index (χ0) is 18.7. The molecule has 1 aliphatic rings. The minimum atomic E-state index is -0.726. The van der Waals surface area contributed by atoms with Gasteiger partial charge in [0.25, 0.3) is 5.91 Å². The summed E-state index contributed by atoms with van der Waals surface area (Å²) in [4.78, 5) is 23.3. The molecule has 0 radical (unpaired) electrons. The van der Waals surface area contributed by atoms with Crippen LogP contribution < -0.4 is 5.32 Å². The van der Waals surface area contributed by atoms with Crippen LogP contribution in [0.15, 0.2) is 24.3 Å². The van der Waals surface area contributed by atoms with Crippen LogP contribution >= 0.6 is 0 Å². The highest BCUT2D eigenvalue weighted by Gasteiger charge is 2.27. The topological polar surface area (TPSA) is 58.1 Å². The summed E-state index contributed by atoms with van der Waals surface area (Å²) < 4.78 is 26.9. The van der Waals surface area contributed by atoms with E-state index in [0.717, 1.165) is 44.4 Å². The first-order valence-corrected chi connectivity index (χ1v) is 8.86. The van der Waals surface area contributed by atoms with E-state index in [1.807, 2.05) is 4.90 Å². The molecule has 1 aromatic heterocycles. The van der Waals surface area contributed by atoms with E-state index in [-0.39, 0.29) is 23.3 Å². The minimum absolute atomic E-state index is 0.0901. The second-order valence-corrected chi connectivity index (χ2v) is 6.49. The number of aromatic nitrogens is 2. The molecule has 2 aromatic rings. The van der Waals surface area contributed by atoms with Crippen LogP contribution in [-0.4, -0.2) is 33.4 Å². The first-order chi connectivity index (χ1) is 12.5. The van der Waals surface area contributed by atoms with Gasteiger partial charge in [0.2, 0.25) is 0 Å². The maximum atomic E-state index is 13.9. The Morgan fingerprint density at radius 1 is 1.27 bits per heavy atom. The highest BCUT2D eigenvalue weighted by Crippen LogP contribution is 2.23. The Balaban J connectivity index is 1.86. The Hall–Kier alpha value is -2.57. The largest absolute Gasteiger partial charge is 0.338 e. The molecule has 26 heavy (non-hydrogen) atoms. The standard InChI is InChI=1S/C19H22F2N4O/c1-3-14-6-4-5-9-25(14)19(26)17-11-18(23-12(2)22-17)24-16-8-7-13(20)10-15(16)21/h7-8,10-11,14H,3-6,9H2,1-2H3,(H,22,23,24). The molecule has 1 fully saturated rings. The molecule has 1 unspecified atom stereocenters. The smallest absolute Gasteiger partial charge is 0.272 e. The van der Waals surface area contributed by atoms with Gasteiger partial charge in [-0.3, -0.25) is 4.79 Å². The number of amides is 1. The van der Waals surface area contributed by atoms with Crippen LogP contribution in [0.4, 0.5) is 20.3 Å². The van der Waals surface area contributed by atoms with E-state index in [9.17, 15) is 13.6 Å². The lowest BCUT2D eigenvalue weighted by Gasteiger charge is -2.35. The third-order valence-electron chi connectivity index (χ3n) is 4.61. The fourth-order valence-electron chi connectivity index (χ4n) is 3.31. The second kappa shape index (κ2) is 7.76. The third-order valence-corrected chi connectivity index (χ3v) is 4.61. The molecule has 0 aliphatic carbocycles. The fourth-order valence-corrected chi connectivity index (χ4v) is 3.31. The first-order valence-electron chi connectivity index (χ1n) is 8.86. The van der Waals surface area contributed by atoms with Crippen LogP contribution in [0.25, 0.3) is 0 Å².